The Morgan fingerprint density at radius 1 is 1.22 bits per heavy atom. The lowest BCUT2D eigenvalue weighted by Gasteiger charge is -2.15. The fraction of sp³-hybridized carbons (Fsp3) is 0.111. The number of anilines is 1. The number of hydrogen-bond donors (Lipinski definition) is 0. The third-order valence-corrected chi connectivity index (χ3v) is 4.91. The maximum Gasteiger partial charge on any atom is 0.270 e. The van der Waals surface area contributed by atoms with Crippen molar-refractivity contribution in [2.45, 2.75) is 13.8 Å². The number of amides is 1. The molecular formula is C18H15NO2S2. The van der Waals surface area contributed by atoms with Crippen LogP contribution in [0.15, 0.2) is 58.1 Å². The fourth-order valence-electron chi connectivity index (χ4n) is 2.19. The Kier molecular flexibility index (Phi) is 4.50. The van der Waals surface area contributed by atoms with E-state index >= 15 is 0 Å². The van der Waals surface area contributed by atoms with Crippen LogP contribution in [0, 0.1) is 13.8 Å². The normalized spacial score (nSPS) is 17.0. The Balaban J connectivity index is 1.83. The SMILES string of the molecule is Cc1ccc(N2C(=O)/C(=C/C=C/c3ccco3)SC2=S)cc1C. The molecule has 1 aromatic carbocycles. The van der Waals surface area contributed by atoms with Gasteiger partial charge < -0.3 is 4.42 Å². The zero-order valence-corrected chi connectivity index (χ0v) is 14.4. The molecule has 1 aliphatic rings. The van der Waals surface area contributed by atoms with Gasteiger partial charge >= 0.3 is 0 Å². The van der Waals surface area contributed by atoms with Crippen LogP contribution >= 0.6 is 24.0 Å². The van der Waals surface area contributed by atoms with Gasteiger partial charge in [-0.2, -0.15) is 0 Å². The maximum atomic E-state index is 12.6. The minimum Gasteiger partial charge on any atom is -0.465 e. The van der Waals surface area contributed by atoms with Crippen LogP contribution in [-0.2, 0) is 4.79 Å². The number of allylic oxidation sites excluding steroid dienone is 2. The van der Waals surface area contributed by atoms with Crippen LogP contribution in [0.5, 0.6) is 0 Å². The molecule has 1 saturated heterocycles. The lowest BCUT2D eigenvalue weighted by molar-refractivity contribution is -0.113. The molecule has 1 fully saturated rings. The third-order valence-electron chi connectivity index (χ3n) is 3.59. The summed E-state index contributed by atoms with van der Waals surface area (Å²) < 4.78 is 5.77. The molecule has 2 heterocycles. The summed E-state index contributed by atoms with van der Waals surface area (Å²) in [6.45, 7) is 4.07. The first-order valence-corrected chi connectivity index (χ1v) is 8.34. The van der Waals surface area contributed by atoms with Crippen LogP contribution < -0.4 is 4.90 Å². The molecule has 2 aromatic rings. The average Bonchev–Trinajstić information content (AvgIpc) is 3.12. The fourth-order valence-corrected chi connectivity index (χ4v) is 3.44. The highest BCUT2D eigenvalue weighted by Crippen LogP contribution is 2.35. The van der Waals surface area contributed by atoms with Gasteiger partial charge in [-0.25, -0.2) is 0 Å². The highest BCUT2D eigenvalue weighted by Gasteiger charge is 2.32. The number of rotatable bonds is 3. The van der Waals surface area contributed by atoms with E-state index in [1.54, 1.807) is 23.3 Å². The van der Waals surface area contributed by atoms with Gasteiger partial charge in [-0.1, -0.05) is 36.1 Å². The zero-order valence-electron chi connectivity index (χ0n) is 12.8. The van der Waals surface area contributed by atoms with Gasteiger partial charge in [0.2, 0.25) is 0 Å². The lowest BCUT2D eigenvalue weighted by atomic mass is 10.1. The minimum atomic E-state index is -0.0904. The van der Waals surface area contributed by atoms with E-state index in [4.69, 9.17) is 16.6 Å². The predicted molar refractivity (Wildman–Crippen MR) is 99.4 cm³/mol. The van der Waals surface area contributed by atoms with Crippen LogP contribution in [0.4, 0.5) is 5.69 Å². The predicted octanol–water partition coefficient (Wildman–Crippen LogP) is 4.86. The van der Waals surface area contributed by atoms with Gasteiger partial charge in [-0.15, -0.1) is 0 Å². The highest BCUT2D eigenvalue weighted by atomic mass is 32.2. The van der Waals surface area contributed by atoms with Gasteiger partial charge in [0, 0.05) is 0 Å². The number of thiocarbonyl (C=S) groups is 1. The van der Waals surface area contributed by atoms with Gasteiger partial charge in [0.25, 0.3) is 5.91 Å². The van der Waals surface area contributed by atoms with Crippen LogP contribution in [0.25, 0.3) is 6.08 Å². The average molecular weight is 341 g/mol. The Hall–Kier alpha value is -2.11. The summed E-state index contributed by atoms with van der Waals surface area (Å²) in [6, 6.07) is 9.59. The standard InChI is InChI=1S/C18H15NO2S2/c1-12-8-9-14(11-13(12)2)19-17(20)16(23-18(19)22)7-3-5-15-6-4-10-21-15/h3-11H,1-2H3/b5-3+,16-7-. The van der Waals surface area contributed by atoms with E-state index in [1.165, 1.54) is 17.3 Å². The summed E-state index contributed by atoms with van der Waals surface area (Å²) in [5, 5.41) is 0. The van der Waals surface area contributed by atoms with Gasteiger partial charge in [0.1, 0.15) is 5.76 Å². The topological polar surface area (TPSA) is 33.5 Å². The van der Waals surface area contributed by atoms with E-state index in [0.717, 1.165) is 17.0 Å². The van der Waals surface area contributed by atoms with Gasteiger partial charge in [-0.05, 0) is 61.4 Å². The van der Waals surface area contributed by atoms with Crippen molar-refractivity contribution < 1.29 is 9.21 Å². The number of nitrogens with zero attached hydrogens (tertiary/aromatic N) is 1. The smallest absolute Gasteiger partial charge is 0.270 e. The molecule has 0 N–H and O–H groups in total. The molecule has 0 radical (unpaired) electrons. The molecule has 0 atom stereocenters. The molecule has 1 aromatic heterocycles. The van der Waals surface area contributed by atoms with Crippen molar-refractivity contribution in [3.05, 3.63) is 70.5 Å². The largest absolute Gasteiger partial charge is 0.465 e. The van der Waals surface area contributed by atoms with Gasteiger partial charge in [0.15, 0.2) is 4.32 Å². The molecule has 0 aliphatic carbocycles. The summed E-state index contributed by atoms with van der Waals surface area (Å²) in [5.41, 5.74) is 3.14. The molecule has 23 heavy (non-hydrogen) atoms. The Morgan fingerprint density at radius 3 is 2.74 bits per heavy atom. The molecule has 3 rings (SSSR count). The first kappa shape index (κ1) is 15.8. The van der Waals surface area contributed by atoms with Crippen molar-refractivity contribution in [1.29, 1.82) is 0 Å². The molecule has 5 heteroatoms. The van der Waals surface area contributed by atoms with Crippen molar-refractivity contribution in [3.8, 4) is 0 Å². The number of carbonyl (C=O) groups excluding carboxylic acids is 1. The molecule has 0 unspecified atom stereocenters. The molecule has 1 aliphatic heterocycles. The number of hydrogen-bond acceptors (Lipinski definition) is 4. The number of benzene rings is 1. The van der Waals surface area contributed by atoms with Crippen LogP contribution in [0.2, 0.25) is 0 Å². The van der Waals surface area contributed by atoms with Crippen molar-refractivity contribution in [3.63, 3.8) is 0 Å². The summed E-state index contributed by atoms with van der Waals surface area (Å²) in [4.78, 5) is 14.8. The number of thioether (sulfide) groups is 1. The van der Waals surface area contributed by atoms with E-state index in [2.05, 4.69) is 0 Å². The summed E-state index contributed by atoms with van der Waals surface area (Å²) in [7, 11) is 0. The molecule has 0 bridgehead atoms. The van der Waals surface area contributed by atoms with Crippen molar-refractivity contribution in [2.24, 2.45) is 0 Å². The Morgan fingerprint density at radius 2 is 2.04 bits per heavy atom. The zero-order chi connectivity index (χ0) is 16.4. The lowest BCUT2D eigenvalue weighted by Crippen LogP contribution is -2.27. The molecule has 116 valence electrons. The molecular weight excluding hydrogens is 326 g/mol. The first-order chi connectivity index (χ1) is 11.1. The second-order valence-corrected chi connectivity index (χ2v) is 6.86. The molecule has 3 nitrogen and oxygen atoms in total. The van der Waals surface area contributed by atoms with Gasteiger partial charge in [0.05, 0.1) is 16.9 Å². The van der Waals surface area contributed by atoms with Crippen LogP contribution in [0.3, 0.4) is 0 Å². The van der Waals surface area contributed by atoms with Crippen molar-refractivity contribution in [1.82, 2.24) is 0 Å². The number of carbonyl (C=O) groups is 1. The Bertz CT molecular complexity index is 820. The molecule has 0 saturated carbocycles. The molecule has 1 amide bonds. The second-order valence-electron chi connectivity index (χ2n) is 5.18. The summed E-state index contributed by atoms with van der Waals surface area (Å²) >= 11 is 6.68. The van der Waals surface area contributed by atoms with Gasteiger partial charge in [-0.3, -0.25) is 9.69 Å². The summed E-state index contributed by atoms with van der Waals surface area (Å²) in [6.07, 6.45) is 6.98. The van der Waals surface area contributed by atoms with Crippen LogP contribution in [-0.4, -0.2) is 10.2 Å². The maximum absolute atomic E-state index is 12.6. The van der Waals surface area contributed by atoms with E-state index < -0.39 is 0 Å². The second kappa shape index (κ2) is 6.56. The number of aryl methyl sites for hydroxylation is 2. The van der Waals surface area contributed by atoms with Crippen molar-refractivity contribution >= 4 is 46.0 Å². The Labute approximate surface area is 144 Å². The van der Waals surface area contributed by atoms with Crippen molar-refractivity contribution in [2.75, 3.05) is 4.90 Å². The van der Waals surface area contributed by atoms with E-state index in [9.17, 15) is 4.79 Å². The number of furan rings is 1. The quantitative estimate of drug-likeness (QED) is 0.590. The van der Waals surface area contributed by atoms with Crippen LogP contribution in [0.1, 0.15) is 16.9 Å². The van der Waals surface area contributed by atoms with E-state index in [0.29, 0.717) is 9.23 Å². The van der Waals surface area contributed by atoms with E-state index in [-0.39, 0.29) is 5.91 Å². The highest BCUT2D eigenvalue weighted by molar-refractivity contribution is 8.27. The minimum absolute atomic E-state index is 0.0904. The monoisotopic (exact) mass is 341 g/mol. The van der Waals surface area contributed by atoms with E-state index in [1.807, 2.05) is 50.3 Å². The first-order valence-electron chi connectivity index (χ1n) is 7.11. The summed E-state index contributed by atoms with van der Waals surface area (Å²) in [5.74, 6) is 0.651. The molecule has 0 spiro atoms. The third kappa shape index (κ3) is 3.30.